The molecule has 0 aliphatic carbocycles. The van der Waals surface area contributed by atoms with Crippen LogP contribution < -0.4 is 0 Å². The number of rotatable bonds is 7. The van der Waals surface area contributed by atoms with E-state index in [0.717, 1.165) is 38.9 Å². The Hall–Kier alpha value is -0.460. The lowest BCUT2D eigenvalue weighted by Crippen LogP contribution is -2.52. The van der Waals surface area contributed by atoms with Crippen molar-refractivity contribution in [1.82, 2.24) is 9.80 Å². The zero-order valence-electron chi connectivity index (χ0n) is 15.6. The Balaban J connectivity index is 1.51. The predicted octanol–water partition coefficient (Wildman–Crippen LogP) is 3.08. The van der Waals surface area contributed by atoms with Crippen molar-refractivity contribution in [2.24, 2.45) is 5.41 Å². The molecule has 5 heteroatoms. The van der Waals surface area contributed by atoms with Gasteiger partial charge in [0.2, 0.25) is 0 Å². The molecule has 3 rings (SSSR count). The molecule has 0 amide bonds. The molecular weight excluding hydrogens is 332 g/mol. The van der Waals surface area contributed by atoms with Gasteiger partial charge in [0.15, 0.2) is 0 Å². The van der Waals surface area contributed by atoms with Crippen molar-refractivity contribution in [3.8, 4) is 0 Å². The fourth-order valence-corrected chi connectivity index (χ4v) is 5.53. The summed E-state index contributed by atoms with van der Waals surface area (Å²) in [6.07, 6.45) is 6.48. The Morgan fingerprint density at radius 1 is 1.08 bits per heavy atom. The van der Waals surface area contributed by atoms with Crippen molar-refractivity contribution in [3.63, 3.8) is 0 Å². The van der Waals surface area contributed by atoms with Gasteiger partial charge in [-0.25, -0.2) is 0 Å². The van der Waals surface area contributed by atoms with Crippen molar-refractivity contribution in [2.45, 2.75) is 64.6 Å². The maximum atomic E-state index is 10.6. The molecule has 0 spiro atoms. The molecule has 0 saturated carbocycles. The van der Waals surface area contributed by atoms with Crippen LogP contribution in [0.15, 0.2) is 12.1 Å². The fraction of sp³-hybridized carbons (Fsp3) is 0.800. The summed E-state index contributed by atoms with van der Waals surface area (Å²) in [5.41, 5.74) is -0.278. The third kappa shape index (κ3) is 4.83. The summed E-state index contributed by atoms with van der Waals surface area (Å²) in [5, 5.41) is 20.4. The van der Waals surface area contributed by atoms with Gasteiger partial charge in [-0.15, -0.1) is 11.3 Å². The van der Waals surface area contributed by atoms with Crippen LogP contribution in [-0.2, 0) is 13.1 Å². The second kappa shape index (κ2) is 8.96. The normalized spacial score (nSPS) is 29.2. The lowest BCUT2D eigenvalue weighted by Gasteiger charge is -2.44. The standard InChI is InChI=1S/C20H34N2O2S/c1-2-8-20(16-23)9-12-22(15-19(20)24)14-18-7-6-17(25-18)13-21-10-4-3-5-11-21/h6-7,19,23-24H,2-5,8-16H2,1H3/t19-,20-/m1/s1. The molecule has 142 valence electrons. The highest BCUT2D eigenvalue weighted by Crippen LogP contribution is 2.36. The molecule has 2 saturated heterocycles. The first-order valence-corrected chi connectivity index (χ1v) is 10.8. The highest BCUT2D eigenvalue weighted by Gasteiger charge is 2.41. The number of aliphatic hydroxyl groups excluding tert-OH is 2. The minimum atomic E-state index is -0.418. The number of β-amino-alcohol motifs (C(OH)–C–C–N with tert-alkyl or cyclic N) is 1. The van der Waals surface area contributed by atoms with Crippen LogP contribution in [0.5, 0.6) is 0 Å². The maximum Gasteiger partial charge on any atom is 0.0745 e. The third-order valence-corrected chi connectivity index (χ3v) is 7.11. The summed E-state index contributed by atoms with van der Waals surface area (Å²) in [6.45, 7) is 8.39. The van der Waals surface area contributed by atoms with Crippen LogP contribution in [0, 0.1) is 5.41 Å². The van der Waals surface area contributed by atoms with Gasteiger partial charge in [0, 0.05) is 34.8 Å². The first-order valence-electron chi connectivity index (χ1n) is 9.96. The van der Waals surface area contributed by atoms with Crippen molar-refractivity contribution in [3.05, 3.63) is 21.9 Å². The van der Waals surface area contributed by atoms with Crippen molar-refractivity contribution in [1.29, 1.82) is 0 Å². The van der Waals surface area contributed by atoms with Gasteiger partial charge in [0.1, 0.15) is 0 Å². The van der Waals surface area contributed by atoms with E-state index in [1.807, 2.05) is 11.3 Å². The van der Waals surface area contributed by atoms with E-state index in [1.165, 1.54) is 42.1 Å². The monoisotopic (exact) mass is 366 g/mol. The molecule has 2 aliphatic rings. The Kier molecular flexibility index (Phi) is 6.92. The smallest absolute Gasteiger partial charge is 0.0745 e. The van der Waals surface area contributed by atoms with Gasteiger partial charge in [-0.05, 0) is 57.5 Å². The maximum absolute atomic E-state index is 10.6. The summed E-state index contributed by atoms with van der Waals surface area (Å²) in [5.74, 6) is 0. The Labute approximate surface area is 156 Å². The third-order valence-electron chi connectivity index (χ3n) is 6.05. The number of nitrogens with zero attached hydrogens (tertiary/aromatic N) is 2. The van der Waals surface area contributed by atoms with Crippen molar-refractivity contribution < 1.29 is 10.2 Å². The van der Waals surface area contributed by atoms with Gasteiger partial charge >= 0.3 is 0 Å². The average Bonchev–Trinajstić information content (AvgIpc) is 3.05. The van der Waals surface area contributed by atoms with Crippen LogP contribution in [0.1, 0.15) is 55.2 Å². The Morgan fingerprint density at radius 2 is 1.76 bits per heavy atom. The summed E-state index contributed by atoms with van der Waals surface area (Å²) < 4.78 is 0. The molecule has 4 nitrogen and oxygen atoms in total. The van der Waals surface area contributed by atoms with E-state index in [4.69, 9.17) is 0 Å². The quantitative estimate of drug-likeness (QED) is 0.778. The van der Waals surface area contributed by atoms with E-state index in [0.29, 0.717) is 6.54 Å². The van der Waals surface area contributed by atoms with Crippen LogP contribution in [-0.4, -0.2) is 58.9 Å². The second-order valence-corrected chi connectivity index (χ2v) is 9.23. The largest absolute Gasteiger partial charge is 0.396 e. The fourth-order valence-electron chi connectivity index (χ4n) is 4.42. The molecule has 1 aromatic rings. The highest BCUT2D eigenvalue weighted by atomic mass is 32.1. The molecule has 0 aromatic carbocycles. The summed E-state index contributed by atoms with van der Waals surface area (Å²) >= 11 is 1.92. The van der Waals surface area contributed by atoms with Gasteiger partial charge in [0.25, 0.3) is 0 Å². The van der Waals surface area contributed by atoms with Crippen LogP contribution in [0.25, 0.3) is 0 Å². The van der Waals surface area contributed by atoms with Crippen molar-refractivity contribution in [2.75, 3.05) is 32.8 Å². The van der Waals surface area contributed by atoms with E-state index in [-0.39, 0.29) is 12.0 Å². The lowest BCUT2D eigenvalue weighted by atomic mass is 9.73. The first kappa shape index (κ1) is 19.3. The molecule has 0 bridgehead atoms. The van der Waals surface area contributed by atoms with E-state index in [1.54, 1.807) is 0 Å². The molecule has 1 aromatic heterocycles. The summed E-state index contributed by atoms with van der Waals surface area (Å²) in [6, 6.07) is 4.54. The van der Waals surface area contributed by atoms with Gasteiger partial charge in [-0.1, -0.05) is 19.8 Å². The van der Waals surface area contributed by atoms with Gasteiger partial charge in [0.05, 0.1) is 12.7 Å². The van der Waals surface area contributed by atoms with E-state index < -0.39 is 6.10 Å². The molecule has 0 unspecified atom stereocenters. The van der Waals surface area contributed by atoms with Gasteiger partial charge in [-0.3, -0.25) is 9.80 Å². The summed E-state index contributed by atoms with van der Waals surface area (Å²) in [4.78, 5) is 7.78. The molecule has 2 N–H and O–H groups in total. The molecule has 25 heavy (non-hydrogen) atoms. The second-order valence-electron chi connectivity index (χ2n) is 7.98. The number of thiophene rings is 1. The molecule has 2 aliphatic heterocycles. The predicted molar refractivity (Wildman–Crippen MR) is 104 cm³/mol. The van der Waals surface area contributed by atoms with Crippen LogP contribution in [0.4, 0.5) is 0 Å². The minimum absolute atomic E-state index is 0.106. The highest BCUT2D eigenvalue weighted by molar-refractivity contribution is 7.11. The first-order chi connectivity index (χ1) is 12.1. The van der Waals surface area contributed by atoms with Crippen LogP contribution in [0.3, 0.4) is 0 Å². The van der Waals surface area contributed by atoms with E-state index >= 15 is 0 Å². The van der Waals surface area contributed by atoms with Gasteiger partial charge in [-0.2, -0.15) is 0 Å². The topological polar surface area (TPSA) is 46.9 Å². The minimum Gasteiger partial charge on any atom is -0.396 e. The van der Waals surface area contributed by atoms with Crippen LogP contribution >= 0.6 is 11.3 Å². The number of hydrogen-bond donors (Lipinski definition) is 2. The molecule has 3 heterocycles. The van der Waals surface area contributed by atoms with Crippen molar-refractivity contribution >= 4 is 11.3 Å². The van der Waals surface area contributed by atoms with E-state index in [2.05, 4.69) is 28.9 Å². The average molecular weight is 367 g/mol. The Morgan fingerprint density at radius 3 is 2.36 bits per heavy atom. The Bertz CT molecular complexity index is 530. The number of piperidine rings is 2. The molecule has 2 atom stereocenters. The number of likely N-dealkylation sites (tertiary alicyclic amines) is 2. The zero-order chi connectivity index (χ0) is 17.7. The number of aliphatic hydroxyl groups is 2. The molecule has 0 radical (unpaired) electrons. The molecule has 2 fully saturated rings. The number of hydrogen-bond acceptors (Lipinski definition) is 5. The summed E-state index contributed by atoms with van der Waals surface area (Å²) in [7, 11) is 0. The lowest BCUT2D eigenvalue weighted by molar-refractivity contribution is -0.0800. The zero-order valence-corrected chi connectivity index (χ0v) is 16.4. The van der Waals surface area contributed by atoms with Crippen LogP contribution in [0.2, 0.25) is 0 Å². The molecular formula is C20H34N2O2S. The SMILES string of the molecule is CCC[C@]1(CO)CCN(Cc2ccc(CN3CCCCC3)s2)C[C@H]1O. The van der Waals surface area contributed by atoms with Gasteiger partial charge < -0.3 is 10.2 Å². The van der Waals surface area contributed by atoms with E-state index in [9.17, 15) is 10.2 Å².